The lowest BCUT2D eigenvalue weighted by atomic mass is 9.79. The molecule has 1 aliphatic heterocycles. The first-order valence-corrected chi connectivity index (χ1v) is 9.59. The van der Waals surface area contributed by atoms with E-state index < -0.39 is 29.7 Å². The minimum Gasteiger partial charge on any atom is -0.465 e. The summed E-state index contributed by atoms with van der Waals surface area (Å²) in [6, 6.07) is 8.62. The lowest BCUT2D eigenvalue weighted by molar-refractivity contribution is -0.159. The van der Waals surface area contributed by atoms with E-state index in [0.29, 0.717) is 22.5 Å². The van der Waals surface area contributed by atoms with Crippen LogP contribution in [0.2, 0.25) is 0 Å². The van der Waals surface area contributed by atoms with Gasteiger partial charge in [-0.25, -0.2) is 4.79 Å². The summed E-state index contributed by atoms with van der Waals surface area (Å²) in [6.45, 7) is 6.57. The Morgan fingerprint density at radius 2 is 1.70 bits per heavy atom. The minimum atomic E-state index is -1.24. The summed E-state index contributed by atoms with van der Waals surface area (Å²) in [5.41, 5.74) is 1.66. The number of benzene rings is 1. The highest BCUT2D eigenvalue weighted by Crippen LogP contribution is 2.34. The van der Waals surface area contributed by atoms with Gasteiger partial charge in [0.25, 0.3) is 0 Å². The van der Waals surface area contributed by atoms with E-state index in [-0.39, 0.29) is 25.4 Å². The van der Waals surface area contributed by atoms with E-state index >= 15 is 0 Å². The molecule has 0 N–H and O–H groups in total. The molecule has 2 rings (SSSR count). The Morgan fingerprint density at radius 3 is 2.33 bits per heavy atom. The van der Waals surface area contributed by atoms with Gasteiger partial charge in [0.15, 0.2) is 0 Å². The molecule has 0 aromatic heterocycles. The molecule has 1 unspecified atom stereocenters. The number of hydrogen-bond acceptors (Lipinski definition) is 8. The Morgan fingerprint density at radius 1 is 1.03 bits per heavy atom. The number of carbonyl (C=O) groups is 3. The summed E-state index contributed by atoms with van der Waals surface area (Å²) >= 11 is 0. The van der Waals surface area contributed by atoms with Gasteiger partial charge in [0.1, 0.15) is 18.4 Å². The van der Waals surface area contributed by atoms with Gasteiger partial charge in [-0.05, 0) is 45.4 Å². The first-order valence-electron chi connectivity index (χ1n) is 9.59. The number of hydrogen-bond donors (Lipinski definition) is 0. The second-order valence-electron chi connectivity index (χ2n) is 6.60. The zero-order chi connectivity index (χ0) is 22.3. The molecule has 0 amide bonds. The van der Waals surface area contributed by atoms with Gasteiger partial charge in [-0.15, -0.1) is 0 Å². The highest BCUT2D eigenvalue weighted by atomic mass is 16.5. The topological polar surface area (TPSA) is 115 Å². The summed E-state index contributed by atoms with van der Waals surface area (Å²) in [6.07, 6.45) is 0. The fourth-order valence-corrected chi connectivity index (χ4v) is 3.28. The van der Waals surface area contributed by atoms with Crippen molar-refractivity contribution in [2.24, 2.45) is 16.8 Å². The smallest absolute Gasteiger partial charge is 0.336 e. The summed E-state index contributed by atoms with van der Waals surface area (Å²) < 4.78 is 15.6. The third-order valence-corrected chi connectivity index (χ3v) is 4.56. The standard InChI is InChI=1S/C22H24N2O6/c1-5-28-20(25)17-13(3)24-14(4)18(21(26)29-6-2)19(17)22(27)30-12-16-9-7-8-15(10-16)11-23/h7-10,17,19H,5-6,12H2,1-4H3/t17?,19-/m1/s1. The van der Waals surface area contributed by atoms with Crippen LogP contribution >= 0.6 is 0 Å². The molecule has 0 aliphatic carbocycles. The van der Waals surface area contributed by atoms with E-state index in [0.717, 1.165) is 0 Å². The first kappa shape index (κ1) is 22.8. The first-order chi connectivity index (χ1) is 14.3. The predicted octanol–water partition coefficient (Wildman–Crippen LogP) is 2.71. The van der Waals surface area contributed by atoms with Crippen molar-refractivity contribution >= 4 is 23.6 Å². The quantitative estimate of drug-likeness (QED) is 0.499. The van der Waals surface area contributed by atoms with Crippen LogP contribution in [0.5, 0.6) is 0 Å². The highest BCUT2D eigenvalue weighted by molar-refractivity contribution is 6.10. The number of esters is 3. The molecule has 1 aromatic rings. The molecule has 1 aromatic carbocycles. The molecule has 158 valence electrons. The SMILES string of the molecule is CCOC(=O)C1=C(C)N=C(C)C(C(=O)OCC)[C@H]1C(=O)OCc1cccc(C#N)c1. The molecule has 0 bridgehead atoms. The highest BCUT2D eigenvalue weighted by Gasteiger charge is 2.46. The van der Waals surface area contributed by atoms with Crippen LogP contribution in [0, 0.1) is 23.2 Å². The third kappa shape index (κ3) is 5.11. The fraction of sp³-hybridized carbons (Fsp3) is 0.409. The minimum absolute atomic E-state index is 0.0173. The van der Waals surface area contributed by atoms with Crippen molar-refractivity contribution in [2.45, 2.75) is 34.3 Å². The number of rotatable bonds is 7. The maximum atomic E-state index is 13.1. The molecular formula is C22H24N2O6. The van der Waals surface area contributed by atoms with Gasteiger partial charge in [0, 0.05) is 11.4 Å². The average Bonchev–Trinajstić information content (AvgIpc) is 2.71. The van der Waals surface area contributed by atoms with Gasteiger partial charge in [-0.3, -0.25) is 14.6 Å². The van der Waals surface area contributed by atoms with Crippen molar-refractivity contribution in [3.8, 4) is 6.07 Å². The second kappa shape index (κ2) is 10.3. The van der Waals surface area contributed by atoms with Gasteiger partial charge >= 0.3 is 17.9 Å². The Kier molecular flexibility index (Phi) is 7.87. The summed E-state index contributed by atoms with van der Waals surface area (Å²) in [7, 11) is 0. The van der Waals surface area contributed by atoms with Crippen molar-refractivity contribution < 1.29 is 28.6 Å². The van der Waals surface area contributed by atoms with E-state index in [1.54, 1.807) is 52.0 Å². The van der Waals surface area contributed by atoms with E-state index in [4.69, 9.17) is 19.5 Å². The molecule has 30 heavy (non-hydrogen) atoms. The van der Waals surface area contributed by atoms with E-state index in [9.17, 15) is 14.4 Å². The van der Waals surface area contributed by atoms with Gasteiger partial charge in [-0.1, -0.05) is 12.1 Å². The maximum absolute atomic E-state index is 13.1. The molecule has 0 spiro atoms. The zero-order valence-corrected chi connectivity index (χ0v) is 17.4. The number of carbonyl (C=O) groups excluding carboxylic acids is 3. The van der Waals surface area contributed by atoms with Crippen molar-refractivity contribution in [2.75, 3.05) is 13.2 Å². The summed E-state index contributed by atoms with van der Waals surface area (Å²) in [5.74, 6) is -4.49. The molecule has 0 saturated carbocycles. The predicted molar refractivity (Wildman–Crippen MR) is 107 cm³/mol. The summed E-state index contributed by atoms with van der Waals surface area (Å²) in [5, 5.41) is 9.01. The number of aliphatic imine (C=N–C) groups is 1. The maximum Gasteiger partial charge on any atom is 0.336 e. The van der Waals surface area contributed by atoms with Crippen LogP contribution < -0.4 is 0 Å². The second-order valence-corrected chi connectivity index (χ2v) is 6.60. The molecule has 2 atom stereocenters. The van der Waals surface area contributed by atoms with Gasteiger partial charge in [0.05, 0.1) is 30.4 Å². The molecule has 1 heterocycles. The van der Waals surface area contributed by atoms with Crippen LogP contribution in [0.15, 0.2) is 40.5 Å². The van der Waals surface area contributed by atoms with E-state index in [2.05, 4.69) is 4.99 Å². The Bertz CT molecular complexity index is 941. The number of nitrogens with zero attached hydrogens (tertiary/aromatic N) is 2. The molecule has 0 fully saturated rings. The third-order valence-electron chi connectivity index (χ3n) is 4.56. The number of allylic oxidation sites excluding steroid dienone is 1. The molecular weight excluding hydrogens is 388 g/mol. The van der Waals surface area contributed by atoms with Crippen molar-refractivity contribution in [1.82, 2.24) is 0 Å². The van der Waals surface area contributed by atoms with Crippen LogP contribution in [0.1, 0.15) is 38.8 Å². The lowest BCUT2D eigenvalue weighted by Gasteiger charge is -2.29. The van der Waals surface area contributed by atoms with Crippen molar-refractivity contribution in [3.05, 3.63) is 46.7 Å². The van der Waals surface area contributed by atoms with Gasteiger partial charge in [0.2, 0.25) is 0 Å². The average molecular weight is 412 g/mol. The molecule has 0 saturated heterocycles. The van der Waals surface area contributed by atoms with Crippen LogP contribution in [0.25, 0.3) is 0 Å². The van der Waals surface area contributed by atoms with Crippen molar-refractivity contribution in [1.29, 1.82) is 5.26 Å². The lowest BCUT2D eigenvalue weighted by Crippen LogP contribution is -2.42. The Labute approximate surface area is 175 Å². The molecule has 8 heteroatoms. The van der Waals surface area contributed by atoms with Gasteiger partial charge < -0.3 is 14.2 Å². The Balaban J connectivity index is 2.37. The van der Waals surface area contributed by atoms with Crippen LogP contribution in [0.3, 0.4) is 0 Å². The van der Waals surface area contributed by atoms with E-state index in [1.165, 1.54) is 0 Å². The molecule has 1 aliphatic rings. The van der Waals surface area contributed by atoms with Crippen LogP contribution in [-0.2, 0) is 35.2 Å². The molecule has 8 nitrogen and oxygen atoms in total. The van der Waals surface area contributed by atoms with E-state index in [1.807, 2.05) is 6.07 Å². The number of nitriles is 1. The Hall–Kier alpha value is -3.47. The zero-order valence-electron chi connectivity index (χ0n) is 17.4. The van der Waals surface area contributed by atoms with Crippen LogP contribution in [0.4, 0.5) is 0 Å². The van der Waals surface area contributed by atoms with Crippen LogP contribution in [-0.4, -0.2) is 36.8 Å². The largest absolute Gasteiger partial charge is 0.465 e. The number of ether oxygens (including phenoxy) is 3. The molecule has 0 radical (unpaired) electrons. The summed E-state index contributed by atoms with van der Waals surface area (Å²) in [4.78, 5) is 42.5. The fourth-order valence-electron chi connectivity index (χ4n) is 3.28. The normalized spacial score (nSPS) is 18.2. The monoisotopic (exact) mass is 412 g/mol. The van der Waals surface area contributed by atoms with Crippen molar-refractivity contribution in [3.63, 3.8) is 0 Å². The van der Waals surface area contributed by atoms with Gasteiger partial charge in [-0.2, -0.15) is 5.26 Å².